The van der Waals surface area contributed by atoms with Crippen LogP contribution in [0, 0.1) is 0 Å². The number of rotatable bonds is 5. The molecule has 0 aromatic carbocycles. The third-order valence-electron chi connectivity index (χ3n) is 2.76. The van der Waals surface area contributed by atoms with Crippen molar-refractivity contribution in [3.8, 4) is 0 Å². The largest absolute Gasteiger partial charge is 0.305 e. The summed E-state index contributed by atoms with van der Waals surface area (Å²) in [5.41, 5.74) is 1.02. The van der Waals surface area contributed by atoms with Crippen LogP contribution in [0.1, 0.15) is 30.5 Å². The first-order valence-corrected chi connectivity index (χ1v) is 8.75. The lowest BCUT2D eigenvalue weighted by atomic mass is 10.1. The molecular formula is C12H14Br2ClN3S. The van der Waals surface area contributed by atoms with E-state index in [0.717, 1.165) is 27.0 Å². The molecule has 0 spiro atoms. The first kappa shape index (κ1) is 15.5. The zero-order valence-electron chi connectivity index (χ0n) is 10.6. The topological polar surface area (TPSA) is 29.9 Å². The van der Waals surface area contributed by atoms with E-state index in [1.807, 2.05) is 4.68 Å². The van der Waals surface area contributed by atoms with Crippen LogP contribution in [-0.2, 0) is 6.54 Å². The van der Waals surface area contributed by atoms with Gasteiger partial charge in [0.1, 0.15) is 0 Å². The van der Waals surface area contributed by atoms with E-state index >= 15 is 0 Å². The van der Waals surface area contributed by atoms with Gasteiger partial charge in [-0.1, -0.05) is 18.5 Å². The fourth-order valence-electron chi connectivity index (χ4n) is 1.95. The molecule has 0 aliphatic rings. The maximum absolute atomic E-state index is 6.31. The van der Waals surface area contributed by atoms with Crippen molar-refractivity contribution in [2.75, 3.05) is 6.54 Å². The summed E-state index contributed by atoms with van der Waals surface area (Å²) in [7, 11) is 0. The van der Waals surface area contributed by atoms with Crippen molar-refractivity contribution in [3.05, 3.63) is 36.1 Å². The molecule has 0 saturated carbocycles. The summed E-state index contributed by atoms with van der Waals surface area (Å²) in [6.45, 7) is 5.82. The molecule has 2 aromatic heterocycles. The van der Waals surface area contributed by atoms with Crippen LogP contribution < -0.4 is 5.32 Å². The van der Waals surface area contributed by atoms with E-state index < -0.39 is 0 Å². The molecular weight excluding hydrogens is 413 g/mol. The molecule has 0 aliphatic carbocycles. The SMILES string of the molecule is CCNC(c1cc(Br)c(Br)s1)c1c(Cl)cnn1CC. The molecule has 1 unspecified atom stereocenters. The van der Waals surface area contributed by atoms with Crippen LogP contribution in [0.3, 0.4) is 0 Å². The number of hydrogen-bond donors (Lipinski definition) is 1. The zero-order valence-corrected chi connectivity index (χ0v) is 15.3. The Balaban J connectivity index is 2.47. The van der Waals surface area contributed by atoms with Gasteiger partial charge in [0.05, 0.1) is 26.7 Å². The fourth-order valence-corrected chi connectivity index (χ4v) is 4.37. The quantitative estimate of drug-likeness (QED) is 0.740. The number of hydrogen-bond acceptors (Lipinski definition) is 3. The second-order valence-electron chi connectivity index (χ2n) is 3.95. The molecule has 0 fully saturated rings. The Morgan fingerprint density at radius 2 is 2.21 bits per heavy atom. The summed E-state index contributed by atoms with van der Waals surface area (Å²) in [4.78, 5) is 1.21. The van der Waals surface area contributed by atoms with Crippen molar-refractivity contribution in [1.29, 1.82) is 0 Å². The van der Waals surface area contributed by atoms with Gasteiger partial charge in [-0.15, -0.1) is 11.3 Å². The second kappa shape index (κ2) is 6.72. The van der Waals surface area contributed by atoms with E-state index in [1.165, 1.54) is 4.88 Å². The highest BCUT2D eigenvalue weighted by molar-refractivity contribution is 9.13. The number of nitrogens with one attached hydrogen (secondary N) is 1. The van der Waals surface area contributed by atoms with Crippen molar-refractivity contribution < 1.29 is 0 Å². The summed E-state index contributed by atoms with van der Waals surface area (Å²) < 4.78 is 4.09. The van der Waals surface area contributed by atoms with E-state index in [4.69, 9.17) is 11.6 Å². The van der Waals surface area contributed by atoms with Gasteiger partial charge in [-0.05, 0) is 51.4 Å². The van der Waals surface area contributed by atoms with Gasteiger partial charge in [0.25, 0.3) is 0 Å². The minimum atomic E-state index is 0.0625. The van der Waals surface area contributed by atoms with Crippen molar-refractivity contribution in [3.63, 3.8) is 0 Å². The predicted molar refractivity (Wildman–Crippen MR) is 88.1 cm³/mol. The van der Waals surface area contributed by atoms with Gasteiger partial charge in [0.15, 0.2) is 0 Å². The van der Waals surface area contributed by atoms with Crippen molar-refractivity contribution in [1.82, 2.24) is 15.1 Å². The molecule has 104 valence electrons. The molecule has 1 N–H and O–H groups in total. The highest BCUT2D eigenvalue weighted by atomic mass is 79.9. The smallest absolute Gasteiger partial charge is 0.0857 e. The van der Waals surface area contributed by atoms with E-state index in [2.05, 4.69) is 62.2 Å². The highest BCUT2D eigenvalue weighted by Crippen LogP contribution is 2.39. The van der Waals surface area contributed by atoms with Gasteiger partial charge in [0.2, 0.25) is 0 Å². The van der Waals surface area contributed by atoms with E-state index in [-0.39, 0.29) is 6.04 Å². The van der Waals surface area contributed by atoms with E-state index in [0.29, 0.717) is 5.02 Å². The molecule has 0 saturated heterocycles. The molecule has 3 nitrogen and oxygen atoms in total. The summed E-state index contributed by atoms with van der Waals surface area (Å²) in [6.07, 6.45) is 1.71. The molecule has 0 bridgehead atoms. The summed E-state index contributed by atoms with van der Waals surface area (Å²) in [6, 6.07) is 2.18. The van der Waals surface area contributed by atoms with Crippen molar-refractivity contribution in [2.45, 2.75) is 26.4 Å². The van der Waals surface area contributed by atoms with Crippen molar-refractivity contribution >= 4 is 54.8 Å². The summed E-state index contributed by atoms with van der Waals surface area (Å²) in [5.74, 6) is 0. The molecule has 7 heteroatoms. The molecule has 19 heavy (non-hydrogen) atoms. The average molecular weight is 428 g/mol. The Hall–Kier alpha value is 0.120. The maximum atomic E-state index is 6.31. The lowest BCUT2D eigenvalue weighted by Crippen LogP contribution is -2.24. The zero-order chi connectivity index (χ0) is 14.0. The van der Waals surface area contributed by atoms with Gasteiger partial charge in [-0.2, -0.15) is 5.10 Å². The van der Waals surface area contributed by atoms with Crippen LogP contribution in [0.15, 0.2) is 20.5 Å². The Morgan fingerprint density at radius 1 is 1.47 bits per heavy atom. The lowest BCUT2D eigenvalue weighted by molar-refractivity contribution is 0.547. The molecule has 0 amide bonds. The number of halogens is 3. The van der Waals surface area contributed by atoms with Crippen LogP contribution in [0.5, 0.6) is 0 Å². The minimum Gasteiger partial charge on any atom is -0.305 e. The highest BCUT2D eigenvalue weighted by Gasteiger charge is 2.23. The molecule has 0 aliphatic heterocycles. The number of thiophene rings is 1. The predicted octanol–water partition coefficient (Wildman–Crippen LogP) is 4.84. The normalized spacial score (nSPS) is 12.9. The molecule has 2 aromatic rings. The summed E-state index contributed by atoms with van der Waals surface area (Å²) in [5, 5.41) is 8.50. The van der Waals surface area contributed by atoms with Crippen LogP contribution in [0.4, 0.5) is 0 Å². The van der Waals surface area contributed by atoms with E-state index in [1.54, 1.807) is 17.5 Å². The summed E-state index contributed by atoms with van der Waals surface area (Å²) >= 11 is 15.1. The second-order valence-corrected chi connectivity index (χ2v) is 7.62. The third kappa shape index (κ3) is 3.24. The van der Waals surface area contributed by atoms with Gasteiger partial charge in [-0.25, -0.2) is 0 Å². The molecule has 2 rings (SSSR count). The van der Waals surface area contributed by atoms with E-state index in [9.17, 15) is 0 Å². The van der Waals surface area contributed by atoms with Crippen LogP contribution in [0.25, 0.3) is 0 Å². The first-order valence-electron chi connectivity index (χ1n) is 5.97. The number of aromatic nitrogens is 2. The Labute approximate surface area is 138 Å². The van der Waals surface area contributed by atoms with Gasteiger partial charge in [0, 0.05) is 15.9 Å². The lowest BCUT2D eigenvalue weighted by Gasteiger charge is -2.18. The van der Waals surface area contributed by atoms with Crippen LogP contribution in [-0.4, -0.2) is 16.3 Å². The first-order chi connectivity index (χ1) is 9.08. The average Bonchev–Trinajstić information content (AvgIpc) is 2.91. The monoisotopic (exact) mass is 425 g/mol. The van der Waals surface area contributed by atoms with Gasteiger partial charge in [-0.3, -0.25) is 4.68 Å². The molecule has 1 atom stereocenters. The fraction of sp³-hybridized carbons (Fsp3) is 0.417. The Kier molecular flexibility index (Phi) is 5.48. The van der Waals surface area contributed by atoms with Crippen LogP contribution >= 0.6 is 54.8 Å². The number of aryl methyl sites for hydroxylation is 1. The Morgan fingerprint density at radius 3 is 2.74 bits per heavy atom. The van der Waals surface area contributed by atoms with Gasteiger partial charge < -0.3 is 5.32 Å². The Bertz CT molecular complexity index is 548. The standard InChI is InChI=1S/C12H14Br2ClN3S/c1-3-16-10(9-5-7(13)12(14)19-9)11-8(15)6-17-18(11)4-2/h5-6,10,16H,3-4H2,1-2H3. The van der Waals surface area contributed by atoms with Gasteiger partial charge >= 0.3 is 0 Å². The minimum absolute atomic E-state index is 0.0625. The third-order valence-corrected chi connectivity index (χ3v) is 6.38. The molecule has 0 radical (unpaired) electrons. The number of nitrogens with zero attached hydrogens (tertiary/aromatic N) is 2. The molecule has 2 heterocycles. The van der Waals surface area contributed by atoms with Crippen LogP contribution in [0.2, 0.25) is 5.02 Å². The van der Waals surface area contributed by atoms with Crippen molar-refractivity contribution in [2.24, 2.45) is 0 Å². The maximum Gasteiger partial charge on any atom is 0.0857 e.